The van der Waals surface area contributed by atoms with Gasteiger partial charge in [0.05, 0.1) is 0 Å². The van der Waals surface area contributed by atoms with Gasteiger partial charge in [-0.2, -0.15) is 0 Å². The van der Waals surface area contributed by atoms with Gasteiger partial charge in [-0.3, -0.25) is 10.1 Å². The lowest BCUT2D eigenvalue weighted by molar-refractivity contribution is -0.121. The number of pyridine rings is 1. The number of amides is 1. The van der Waals surface area contributed by atoms with Crippen molar-refractivity contribution in [2.45, 2.75) is 6.92 Å². The van der Waals surface area contributed by atoms with Gasteiger partial charge in [-0.25, -0.2) is 4.98 Å². The van der Waals surface area contributed by atoms with Crippen LogP contribution in [0.15, 0.2) is 42.6 Å². The Labute approximate surface area is 147 Å². The van der Waals surface area contributed by atoms with E-state index >= 15 is 0 Å². The first kappa shape index (κ1) is 16.6. The van der Waals surface area contributed by atoms with E-state index in [0.29, 0.717) is 11.6 Å². The Morgan fingerprint density at radius 2 is 2.18 bits per heavy atom. The van der Waals surface area contributed by atoms with Gasteiger partial charge < -0.3 is 10.1 Å². The van der Waals surface area contributed by atoms with E-state index in [4.69, 9.17) is 17.0 Å². The molecule has 0 saturated heterocycles. The van der Waals surface area contributed by atoms with Crippen LogP contribution in [0, 0.1) is 10.5 Å². The second-order valence-corrected chi connectivity index (χ2v) is 6.12. The zero-order valence-corrected chi connectivity index (χ0v) is 14.8. The first-order valence-corrected chi connectivity index (χ1v) is 7.93. The molecule has 0 aliphatic rings. The predicted octanol–water partition coefficient (Wildman–Crippen LogP) is 2.89. The SMILES string of the molecule is Cc1cccc(OCC(=O)NC(=S)Nc2ccc(I)cn2)c1. The number of aryl methyl sites for hydroxylation is 1. The van der Waals surface area contributed by atoms with Crippen LogP contribution < -0.4 is 15.4 Å². The summed E-state index contributed by atoms with van der Waals surface area (Å²) < 4.78 is 6.42. The van der Waals surface area contributed by atoms with Gasteiger partial charge in [-0.05, 0) is 71.6 Å². The monoisotopic (exact) mass is 427 g/mol. The van der Waals surface area contributed by atoms with E-state index in [0.717, 1.165) is 9.13 Å². The Hall–Kier alpha value is -1.74. The topological polar surface area (TPSA) is 63.2 Å². The molecule has 5 nitrogen and oxygen atoms in total. The second-order valence-electron chi connectivity index (χ2n) is 4.47. The van der Waals surface area contributed by atoms with Gasteiger partial charge in [0.15, 0.2) is 11.7 Å². The highest BCUT2D eigenvalue weighted by Gasteiger charge is 2.06. The largest absolute Gasteiger partial charge is 0.484 e. The molecule has 0 aliphatic heterocycles. The van der Waals surface area contributed by atoms with Crippen molar-refractivity contribution in [1.29, 1.82) is 0 Å². The molecule has 1 heterocycles. The molecule has 114 valence electrons. The van der Waals surface area contributed by atoms with E-state index in [9.17, 15) is 4.79 Å². The van der Waals surface area contributed by atoms with Crippen molar-refractivity contribution in [2.75, 3.05) is 11.9 Å². The number of ether oxygens (including phenoxy) is 1. The van der Waals surface area contributed by atoms with Crippen LogP contribution in [0.4, 0.5) is 5.82 Å². The Morgan fingerprint density at radius 3 is 2.86 bits per heavy atom. The average Bonchev–Trinajstić information content (AvgIpc) is 2.47. The number of nitrogens with one attached hydrogen (secondary N) is 2. The van der Waals surface area contributed by atoms with Crippen LogP contribution in [-0.4, -0.2) is 22.6 Å². The summed E-state index contributed by atoms with van der Waals surface area (Å²) in [6, 6.07) is 11.2. The van der Waals surface area contributed by atoms with Crippen molar-refractivity contribution in [1.82, 2.24) is 10.3 Å². The average molecular weight is 427 g/mol. The minimum absolute atomic E-state index is 0.106. The van der Waals surface area contributed by atoms with E-state index in [2.05, 4.69) is 38.2 Å². The quantitative estimate of drug-likeness (QED) is 0.581. The minimum atomic E-state index is -0.329. The van der Waals surface area contributed by atoms with E-state index in [1.165, 1.54) is 0 Å². The molecular weight excluding hydrogens is 413 g/mol. The zero-order valence-electron chi connectivity index (χ0n) is 11.8. The Kier molecular flexibility index (Phi) is 6.08. The van der Waals surface area contributed by atoms with Crippen LogP contribution in [0.5, 0.6) is 5.75 Å². The van der Waals surface area contributed by atoms with Crippen LogP contribution in [0.2, 0.25) is 0 Å². The minimum Gasteiger partial charge on any atom is -0.484 e. The maximum absolute atomic E-state index is 11.8. The van der Waals surface area contributed by atoms with Crippen molar-refractivity contribution in [3.63, 3.8) is 0 Å². The Morgan fingerprint density at radius 1 is 1.36 bits per heavy atom. The number of aromatic nitrogens is 1. The molecule has 0 radical (unpaired) electrons. The number of carbonyl (C=O) groups is 1. The highest BCUT2D eigenvalue weighted by atomic mass is 127. The maximum atomic E-state index is 11.8. The first-order chi connectivity index (χ1) is 10.5. The van der Waals surface area contributed by atoms with E-state index in [1.807, 2.05) is 31.2 Å². The third-order valence-electron chi connectivity index (χ3n) is 2.58. The van der Waals surface area contributed by atoms with Crippen molar-refractivity contribution >= 4 is 51.6 Å². The van der Waals surface area contributed by atoms with Gasteiger partial charge in [0.1, 0.15) is 11.6 Å². The fourth-order valence-electron chi connectivity index (χ4n) is 1.61. The molecular formula is C15H14IN3O2S. The Balaban J connectivity index is 1.79. The number of rotatable bonds is 4. The lowest BCUT2D eigenvalue weighted by atomic mass is 10.2. The molecule has 1 aromatic carbocycles. The number of benzene rings is 1. The van der Waals surface area contributed by atoms with Gasteiger partial charge in [-0.1, -0.05) is 12.1 Å². The molecule has 0 fully saturated rings. The molecule has 1 amide bonds. The number of halogens is 1. The maximum Gasteiger partial charge on any atom is 0.264 e. The highest BCUT2D eigenvalue weighted by molar-refractivity contribution is 14.1. The van der Waals surface area contributed by atoms with Gasteiger partial charge in [0, 0.05) is 9.77 Å². The molecule has 2 N–H and O–H groups in total. The number of hydrogen-bond acceptors (Lipinski definition) is 4. The zero-order chi connectivity index (χ0) is 15.9. The number of hydrogen-bond donors (Lipinski definition) is 2. The standard InChI is InChI=1S/C15H14IN3O2S/c1-10-3-2-4-12(7-10)21-9-14(20)19-15(22)18-13-6-5-11(16)8-17-13/h2-8H,9H2,1H3,(H2,17,18,19,20,22). The molecule has 2 aromatic rings. The molecule has 2 rings (SSSR count). The number of carbonyl (C=O) groups excluding carboxylic acids is 1. The predicted molar refractivity (Wildman–Crippen MR) is 98.0 cm³/mol. The summed E-state index contributed by atoms with van der Waals surface area (Å²) in [5.74, 6) is 0.892. The molecule has 0 atom stereocenters. The van der Waals surface area contributed by atoms with E-state index in [1.54, 1.807) is 18.3 Å². The molecule has 0 bridgehead atoms. The summed E-state index contributed by atoms with van der Waals surface area (Å²) in [6.07, 6.45) is 1.70. The normalized spacial score (nSPS) is 9.91. The smallest absolute Gasteiger partial charge is 0.264 e. The number of anilines is 1. The number of thiocarbonyl (C=S) groups is 1. The number of nitrogens with zero attached hydrogens (tertiary/aromatic N) is 1. The fourth-order valence-corrected chi connectivity index (χ4v) is 2.15. The summed E-state index contributed by atoms with van der Waals surface area (Å²) >= 11 is 7.22. The third-order valence-corrected chi connectivity index (χ3v) is 3.42. The van der Waals surface area contributed by atoms with Crippen molar-refractivity contribution in [2.24, 2.45) is 0 Å². The lowest BCUT2D eigenvalue weighted by Crippen LogP contribution is -2.37. The van der Waals surface area contributed by atoms with Gasteiger partial charge in [-0.15, -0.1) is 0 Å². The van der Waals surface area contributed by atoms with Crippen LogP contribution in [0.1, 0.15) is 5.56 Å². The molecule has 0 spiro atoms. The van der Waals surface area contributed by atoms with Gasteiger partial charge in [0.2, 0.25) is 0 Å². The van der Waals surface area contributed by atoms with E-state index in [-0.39, 0.29) is 17.6 Å². The summed E-state index contributed by atoms with van der Waals surface area (Å²) in [5, 5.41) is 5.57. The van der Waals surface area contributed by atoms with Crippen LogP contribution in [0.25, 0.3) is 0 Å². The molecule has 0 unspecified atom stereocenters. The van der Waals surface area contributed by atoms with Gasteiger partial charge >= 0.3 is 0 Å². The molecule has 22 heavy (non-hydrogen) atoms. The van der Waals surface area contributed by atoms with Crippen molar-refractivity contribution < 1.29 is 9.53 Å². The van der Waals surface area contributed by atoms with Crippen LogP contribution in [-0.2, 0) is 4.79 Å². The van der Waals surface area contributed by atoms with Crippen LogP contribution in [0.3, 0.4) is 0 Å². The molecule has 7 heteroatoms. The second kappa shape index (κ2) is 8.04. The highest BCUT2D eigenvalue weighted by Crippen LogP contribution is 2.12. The fraction of sp³-hybridized carbons (Fsp3) is 0.133. The molecule has 0 saturated carbocycles. The summed E-state index contributed by atoms with van der Waals surface area (Å²) in [4.78, 5) is 15.9. The van der Waals surface area contributed by atoms with E-state index < -0.39 is 0 Å². The third kappa shape index (κ3) is 5.57. The van der Waals surface area contributed by atoms with Gasteiger partial charge in [0.25, 0.3) is 5.91 Å². The molecule has 0 aliphatic carbocycles. The van der Waals surface area contributed by atoms with Crippen LogP contribution >= 0.6 is 34.8 Å². The lowest BCUT2D eigenvalue weighted by Gasteiger charge is -2.10. The van der Waals surface area contributed by atoms with Crippen molar-refractivity contribution in [3.8, 4) is 5.75 Å². The summed E-state index contributed by atoms with van der Waals surface area (Å²) in [7, 11) is 0. The Bertz CT molecular complexity index is 677. The summed E-state index contributed by atoms with van der Waals surface area (Å²) in [5.41, 5.74) is 1.07. The summed E-state index contributed by atoms with van der Waals surface area (Å²) in [6.45, 7) is 1.85. The van der Waals surface area contributed by atoms with Crippen molar-refractivity contribution in [3.05, 3.63) is 51.7 Å². The molecule has 1 aromatic heterocycles. The first-order valence-electron chi connectivity index (χ1n) is 6.45.